The van der Waals surface area contributed by atoms with Gasteiger partial charge in [0.15, 0.2) is 5.58 Å². The number of anilines is 2. The summed E-state index contributed by atoms with van der Waals surface area (Å²) in [5, 5.41) is 2.09. The standard InChI is InChI=1S/C17H18N4O/c1-10(2)21-14-8-7-12(9-13(14)19-20-21)17-18-16-11(3)5-4-6-15(16)22-17/h4-10,19-20H,1-3H3. The van der Waals surface area contributed by atoms with Gasteiger partial charge in [-0.25, -0.2) is 4.98 Å². The fourth-order valence-corrected chi connectivity index (χ4v) is 2.78. The molecule has 112 valence electrons. The first kappa shape index (κ1) is 13.2. The maximum Gasteiger partial charge on any atom is 0.227 e. The van der Waals surface area contributed by atoms with Crippen LogP contribution in [0.2, 0.25) is 0 Å². The van der Waals surface area contributed by atoms with E-state index in [0.717, 1.165) is 33.6 Å². The quantitative estimate of drug-likeness (QED) is 0.751. The molecule has 1 aliphatic rings. The Kier molecular flexibility index (Phi) is 2.84. The highest BCUT2D eigenvalue weighted by atomic mass is 16.3. The molecule has 1 aliphatic heterocycles. The molecule has 0 unspecified atom stereocenters. The second kappa shape index (κ2) is 4.74. The van der Waals surface area contributed by atoms with Gasteiger partial charge in [0.05, 0.1) is 11.4 Å². The average Bonchev–Trinajstić information content (AvgIpc) is 3.11. The Morgan fingerprint density at radius 2 is 2.05 bits per heavy atom. The third kappa shape index (κ3) is 1.94. The van der Waals surface area contributed by atoms with Gasteiger partial charge in [-0.05, 0) is 50.6 Å². The van der Waals surface area contributed by atoms with Gasteiger partial charge in [-0.15, -0.1) is 5.53 Å². The molecule has 0 atom stereocenters. The van der Waals surface area contributed by atoms with Crippen LogP contribution < -0.4 is 16.0 Å². The fourth-order valence-electron chi connectivity index (χ4n) is 2.78. The molecule has 5 heteroatoms. The molecule has 5 nitrogen and oxygen atoms in total. The maximum absolute atomic E-state index is 5.90. The van der Waals surface area contributed by atoms with Gasteiger partial charge in [0.25, 0.3) is 0 Å². The molecule has 2 heterocycles. The molecule has 4 rings (SSSR count). The first-order valence-corrected chi connectivity index (χ1v) is 7.45. The first-order valence-electron chi connectivity index (χ1n) is 7.45. The molecular weight excluding hydrogens is 276 g/mol. The van der Waals surface area contributed by atoms with E-state index in [4.69, 9.17) is 4.42 Å². The number of aromatic nitrogens is 1. The van der Waals surface area contributed by atoms with Crippen LogP contribution in [0.25, 0.3) is 22.6 Å². The van der Waals surface area contributed by atoms with E-state index in [1.807, 2.05) is 31.2 Å². The van der Waals surface area contributed by atoms with Crippen LogP contribution in [0.4, 0.5) is 11.4 Å². The van der Waals surface area contributed by atoms with Gasteiger partial charge in [-0.1, -0.05) is 12.1 Å². The molecule has 0 saturated carbocycles. The average molecular weight is 294 g/mol. The number of nitrogens with one attached hydrogen (secondary N) is 2. The van der Waals surface area contributed by atoms with E-state index in [9.17, 15) is 0 Å². The number of benzene rings is 2. The minimum Gasteiger partial charge on any atom is -0.436 e. The SMILES string of the molecule is Cc1cccc2oc(-c3ccc4c(c3)NNN4C(C)C)nc12. The second-order valence-electron chi connectivity index (χ2n) is 5.87. The lowest BCUT2D eigenvalue weighted by Crippen LogP contribution is -2.41. The van der Waals surface area contributed by atoms with Gasteiger partial charge in [0, 0.05) is 11.6 Å². The van der Waals surface area contributed by atoms with E-state index in [1.54, 1.807) is 0 Å². The van der Waals surface area contributed by atoms with Crippen LogP contribution in [0.1, 0.15) is 19.4 Å². The molecule has 2 aromatic carbocycles. The number of hydrazine groups is 2. The van der Waals surface area contributed by atoms with Crippen molar-refractivity contribution >= 4 is 22.5 Å². The largest absolute Gasteiger partial charge is 0.436 e. The third-order valence-electron chi connectivity index (χ3n) is 3.95. The lowest BCUT2D eigenvalue weighted by Gasteiger charge is -2.21. The van der Waals surface area contributed by atoms with Crippen LogP contribution in [0.15, 0.2) is 40.8 Å². The lowest BCUT2D eigenvalue weighted by molar-refractivity contribution is 0.620. The minimum absolute atomic E-state index is 0.367. The van der Waals surface area contributed by atoms with Crippen molar-refractivity contribution in [2.24, 2.45) is 0 Å². The van der Waals surface area contributed by atoms with Crippen molar-refractivity contribution in [3.63, 3.8) is 0 Å². The molecule has 0 bridgehead atoms. The third-order valence-corrected chi connectivity index (χ3v) is 3.95. The Labute approximate surface area is 128 Å². The molecule has 0 fully saturated rings. The van der Waals surface area contributed by atoms with Gasteiger partial charge in [-0.2, -0.15) is 0 Å². The Balaban J connectivity index is 1.78. The number of nitrogens with zero attached hydrogens (tertiary/aromatic N) is 2. The van der Waals surface area contributed by atoms with E-state index < -0.39 is 0 Å². The predicted molar refractivity (Wildman–Crippen MR) is 88.6 cm³/mol. The molecule has 2 N–H and O–H groups in total. The van der Waals surface area contributed by atoms with Crippen molar-refractivity contribution in [3.8, 4) is 11.5 Å². The summed E-state index contributed by atoms with van der Waals surface area (Å²) in [6, 6.07) is 12.5. The summed E-state index contributed by atoms with van der Waals surface area (Å²) in [7, 11) is 0. The van der Waals surface area contributed by atoms with Crippen molar-refractivity contribution in [1.29, 1.82) is 0 Å². The van der Waals surface area contributed by atoms with Crippen LogP contribution in [-0.2, 0) is 0 Å². The summed E-state index contributed by atoms with van der Waals surface area (Å²) in [5.74, 6) is 0.650. The van der Waals surface area contributed by atoms with E-state index in [1.165, 1.54) is 0 Å². The van der Waals surface area contributed by atoms with E-state index >= 15 is 0 Å². The summed E-state index contributed by atoms with van der Waals surface area (Å²) < 4.78 is 5.90. The Bertz CT molecular complexity index is 853. The number of aryl methyl sites for hydroxylation is 1. The molecule has 0 spiro atoms. The molecular formula is C17H18N4O. The second-order valence-corrected chi connectivity index (χ2v) is 5.87. The van der Waals surface area contributed by atoms with E-state index in [-0.39, 0.29) is 0 Å². The van der Waals surface area contributed by atoms with Crippen molar-refractivity contribution in [2.75, 3.05) is 10.4 Å². The Morgan fingerprint density at radius 3 is 2.82 bits per heavy atom. The molecule has 0 amide bonds. The number of oxazole rings is 1. The van der Waals surface area contributed by atoms with Gasteiger partial charge in [0.1, 0.15) is 5.52 Å². The van der Waals surface area contributed by atoms with Crippen LogP contribution in [0.3, 0.4) is 0 Å². The van der Waals surface area contributed by atoms with Gasteiger partial charge >= 0.3 is 0 Å². The van der Waals surface area contributed by atoms with Crippen molar-refractivity contribution < 1.29 is 4.42 Å². The summed E-state index contributed by atoms with van der Waals surface area (Å²) in [4.78, 5) is 4.63. The van der Waals surface area contributed by atoms with Crippen LogP contribution >= 0.6 is 0 Å². The zero-order valence-electron chi connectivity index (χ0n) is 12.8. The van der Waals surface area contributed by atoms with Gasteiger partial charge < -0.3 is 9.84 Å². The fraction of sp³-hybridized carbons (Fsp3) is 0.235. The zero-order chi connectivity index (χ0) is 15.3. The van der Waals surface area contributed by atoms with Crippen LogP contribution in [0, 0.1) is 6.92 Å². The number of fused-ring (bicyclic) bond motifs is 2. The minimum atomic E-state index is 0.367. The Morgan fingerprint density at radius 1 is 1.18 bits per heavy atom. The number of hydrogen-bond acceptors (Lipinski definition) is 5. The summed E-state index contributed by atoms with van der Waals surface area (Å²) >= 11 is 0. The first-order chi connectivity index (χ1) is 10.6. The number of hydrogen-bond donors (Lipinski definition) is 2. The molecule has 0 aliphatic carbocycles. The summed E-state index contributed by atoms with van der Waals surface area (Å²) in [6.07, 6.45) is 0. The van der Waals surface area contributed by atoms with Gasteiger partial charge in [0.2, 0.25) is 5.89 Å². The predicted octanol–water partition coefficient (Wildman–Crippen LogP) is 3.86. The topological polar surface area (TPSA) is 53.3 Å². The monoisotopic (exact) mass is 294 g/mol. The van der Waals surface area contributed by atoms with Gasteiger partial charge in [-0.3, -0.25) is 5.01 Å². The highest BCUT2D eigenvalue weighted by Gasteiger charge is 2.22. The van der Waals surface area contributed by atoms with Crippen LogP contribution in [-0.4, -0.2) is 11.0 Å². The Hall–Kier alpha value is -2.53. The molecule has 1 aromatic heterocycles. The van der Waals surface area contributed by atoms with E-state index in [0.29, 0.717) is 11.9 Å². The summed E-state index contributed by atoms with van der Waals surface area (Å²) in [5.41, 5.74) is 12.4. The lowest BCUT2D eigenvalue weighted by atomic mass is 10.1. The van der Waals surface area contributed by atoms with E-state index in [2.05, 4.69) is 46.9 Å². The highest BCUT2D eigenvalue weighted by Crippen LogP contribution is 2.35. The molecule has 0 radical (unpaired) electrons. The van der Waals surface area contributed by atoms with Crippen molar-refractivity contribution in [3.05, 3.63) is 42.0 Å². The van der Waals surface area contributed by atoms with Crippen LogP contribution in [0.5, 0.6) is 0 Å². The maximum atomic E-state index is 5.90. The normalized spacial score (nSPS) is 13.7. The van der Waals surface area contributed by atoms with Crippen molar-refractivity contribution in [2.45, 2.75) is 26.8 Å². The van der Waals surface area contributed by atoms with Crippen molar-refractivity contribution in [1.82, 2.24) is 10.5 Å². The number of rotatable bonds is 2. The molecule has 22 heavy (non-hydrogen) atoms. The smallest absolute Gasteiger partial charge is 0.227 e. The molecule has 0 saturated heterocycles. The number of para-hydroxylation sites is 1. The molecule has 3 aromatic rings. The highest BCUT2D eigenvalue weighted by molar-refractivity contribution is 5.82. The summed E-state index contributed by atoms with van der Waals surface area (Å²) in [6.45, 7) is 6.33. The zero-order valence-corrected chi connectivity index (χ0v) is 12.8.